The van der Waals surface area contributed by atoms with Crippen molar-refractivity contribution >= 4 is 15.9 Å². The van der Waals surface area contributed by atoms with Crippen molar-refractivity contribution in [3.63, 3.8) is 0 Å². The lowest BCUT2D eigenvalue weighted by atomic mass is 9.94. The second-order valence-electron chi connectivity index (χ2n) is 6.59. The van der Waals surface area contributed by atoms with Gasteiger partial charge in [0, 0.05) is 23.6 Å². The number of nitrogens with one attached hydrogen (secondary N) is 1. The highest BCUT2D eigenvalue weighted by atomic mass is 79.9. The quantitative estimate of drug-likeness (QED) is 0.806. The third kappa shape index (κ3) is 5.39. The molecule has 118 valence electrons. The Balaban J connectivity index is 1.89. The number of rotatable bonds is 6. The smallest absolute Gasteiger partial charge is 0.0244 e. The molecule has 1 aliphatic heterocycles. The zero-order valence-electron chi connectivity index (χ0n) is 13.7. The van der Waals surface area contributed by atoms with Crippen molar-refractivity contribution in [2.45, 2.75) is 59.2 Å². The van der Waals surface area contributed by atoms with Gasteiger partial charge in [-0.05, 0) is 49.0 Å². The molecule has 0 unspecified atom stereocenters. The zero-order chi connectivity index (χ0) is 15.2. The Bertz CT molecular complexity index is 437. The van der Waals surface area contributed by atoms with Crippen LogP contribution in [0.1, 0.15) is 51.2 Å². The van der Waals surface area contributed by atoms with Crippen LogP contribution in [0, 0.1) is 5.92 Å². The highest BCUT2D eigenvalue weighted by Gasteiger charge is 2.18. The molecule has 1 saturated heterocycles. The Morgan fingerprint density at radius 2 is 2.00 bits per heavy atom. The SMILES string of the molecule is CCC1CCN(Cc2ccc(CNC(C)C)cc2Br)CC1. The third-order valence-corrected chi connectivity index (χ3v) is 5.25. The second kappa shape index (κ2) is 8.30. The van der Waals surface area contributed by atoms with E-state index in [1.165, 1.54) is 48.0 Å². The number of piperidine rings is 1. The number of nitrogens with zero attached hydrogens (tertiary/aromatic N) is 1. The van der Waals surface area contributed by atoms with E-state index in [1.807, 2.05) is 0 Å². The molecule has 1 aromatic carbocycles. The van der Waals surface area contributed by atoms with E-state index in [0.717, 1.165) is 19.0 Å². The largest absolute Gasteiger partial charge is 0.310 e. The molecular weight excluding hydrogens is 324 g/mol. The van der Waals surface area contributed by atoms with E-state index >= 15 is 0 Å². The fourth-order valence-corrected chi connectivity index (χ4v) is 3.50. The van der Waals surface area contributed by atoms with E-state index in [0.29, 0.717) is 6.04 Å². The fourth-order valence-electron chi connectivity index (χ4n) is 2.94. The van der Waals surface area contributed by atoms with Gasteiger partial charge in [-0.15, -0.1) is 0 Å². The van der Waals surface area contributed by atoms with Crippen LogP contribution in [-0.4, -0.2) is 24.0 Å². The van der Waals surface area contributed by atoms with Gasteiger partial charge in [-0.3, -0.25) is 4.90 Å². The normalized spacial score (nSPS) is 17.6. The summed E-state index contributed by atoms with van der Waals surface area (Å²) >= 11 is 3.75. The summed E-state index contributed by atoms with van der Waals surface area (Å²) in [5.74, 6) is 0.953. The molecular formula is C18H29BrN2. The molecule has 0 aromatic heterocycles. The summed E-state index contributed by atoms with van der Waals surface area (Å²) in [5.41, 5.74) is 2.77. The Hall–Kier alpha value is -0.380. The molecule has 1 N–H and O–H groups in total. The predicted molar refractivity (Wildman–Crippen MR) is 94.4 cm³/mol. The molecule has 0 saturated carbocycles. The van der Waals surface area contributed by atoms with Crippen LogP contribution >= 0.6 is 15.9 Å². The maximum absolute atomic E-state index is 3.75. The Kier molecular flexibility index (Phi) is 6.72. The number of halogens is 1. The van der Waals surface area contributed by atoms with Crippen LogP contribution in [-0.2, 0) is 13.1 Å². The molecule has 0 radical (unpaired) electrons. The molecule has 0 spiro atoms. The first-order valence-electron chi connectivity index (χ1n) is 8.31. The van der Waals surface area contributed by atoms with Crippen molar-refractivity contribution in [2.75, 3.05) is 13.1 Å². The number of benzene rings is 1. The van der Waals surface area contributed by atoms with Crippen molar-refractivity contribution in [3.8, 4) is 0 Å². The monoisotopic (exact) mass is 352 g/mol. The van der Waals surface area contributed by atoms with Crippen LogP contribution in [0.15, 0.2) is 22.7 Å². The molecule has 1 aliphatic rings. The first kappa shape index (κ1) is 17.0. The molecule has 0 bridgehead atoms. The summed E-state index contributed by atoms with van der Waals surface area (Å²) in [4.78, 5) is 2.60. The van der Waals surface area contributed by atoms with Gasteiger partial charge in [-0.25, -0.2) is 0 Å². The van der Waals surface area contributed by atoms with Crippen LogP contribution in [0.4, 0.5) is 0 Å². The molecule has 21 heavy (non-hydrogen) atoms. The minimum atomic E-state index is 0.531. The van der Waals surface area contributed by atoms with Gasteiger partial charge in [0.15, 0.2) is 0 Å². The van der Waals surface area contributed by atoms with E-state index < -0.39 is 0 Å². The van der Waals surface area contributed by atoms with E-state index in [9.17, 15) is 0 Å². The van der Waals surface area contributed by atoms with Gasteiger partial charge in [0.2, 0.25) is 0 Å². The first-order chi connectivity index (χ1) is 10.1. The lowest BCUT2D eigenvalue weighted by Crippen LogP contribution is -2.33. The molecule has 1 aromatic rings. The highest BCUT2D eigenvalue weighted by molar-refractivity contribution is 9.10. The van der Waals surface area contributed by atoms with Crippen LogP contribution in [0.2, 0.25) is 0 Å². The maximum Gasteiger partial charge on any atom is 0.0244 e. The molecule has 1 fully saturated rings. The molecule has 1 heterocycles. The molecule has 0 atom stereocenters. The molecule has 3 heteroatoms. The lowest BCUT2D eigenvalue weighted by Gasteiger charge is -2.31. The molecule has 2 rings (SSSR count). The summed E-state index contributed by atoms with van der Waals surface area (Å²) < 4.78 is 1.25. The van der Waals surface area contributed by atoms with Gasteiger partial charge in [-0.1, -0.05) is 55.3 Å². The Morgan fingerprint density at radius 3 is 2.57 bits per heavy atom. The van der Waals surface area contributed by atoms with Crippen LogP contribution in [0.5, 0.6) is 0 Å². The minimum absolute atomic E-state index is 0.531. The van der Waals surface area contributed by atoms with Crippen LogP contribution in [0.25, 0.3) is 0 Å². The zero-order valence-corrected chi connectivity index (χ0v) is 15.2. The van der Waals surface area contributed by atoms with Crippen LogP contribution in [0.3, 0.4) is 0 Å². The Labute approximate surface area is 138 Å². The summed E-state index contributed by atoms with van der Waals surface area (Å²) in [5, 5.41) is 3.47. The number of likely N-dealkylation sites (tertiary alicyclic amines) is 1. The van der Waals surface area contributed by atoms with Crippen molar-refractivity contribution in [3.05, 3.63) is 33.8 Å². The fraction of sp³-hybridized carbons (Fsp3) is 0.667. The average Bonchev–Trinajstić information content (AvgIpc) is 2.48. The third-order valence-electron chi connectivity index (χ3n) is 4.51. The summed E-state index contributed by atoms with van der Waals surface area (Å²) in [6.07, 6.45) is 4.07. The van der Waals surface area contributed by atoms with E-state index in [4.69, 9.17) is 0 Å². The van der Waals surface area contributed by atoms with Crippen molar-refractivity contribution in [1.82, 2.24) is 10.2 Å². The van der Waals surface area contributed by atoms with Gasteiger partial charge in [0.25, 0.3) is 0 Å². The lowest BCUT2D eigenvalue weighted by molar-refractivity contribution is 0.175. The predicted octanol–water partition coefficient (Wildman–Crippen LogP) is 4.57. The minimum Gasteiger partial charge on any atom is -0.310 e. The van der Waals surface area contributed by atoms with Gasteiger partial charge in [-0.2, -0.15) is 0 Å². The second-order valence-corrected chi connectivity index (χ2v) is 7.44. The van der Waals surface area contributed by atoms with Crippen molar-refractivity contribution < 1.29 is 0 Å². The summed E-state index contributed by atoms with van der Waals surface area (Å²) in [6, 6.07) is 7.34. The molecule has 0 aliphatic carbocycles. The van der Waals surface area contributed by atoms with Crippen molar-refractivity contribution in [2.24, 2.45) is 5.92 Å². The average molecular weight is 353 g/mol. The highest BCUT2D eigenvalue weighted by Crippen LogP contribution is 2.24. The van der Waals surface area contributed by atoms with E-state index in [2.05, 4.69) is 65.1 Å². The van der Waals surface area contributed by atoms with Gasteiger partial charge >= 0.3 is 0 Å². The van der Waals surface area contributed by atoms with Crippen LogP contribution < -0.4 is 5.32 Å². The van der Waals surface area contributed by atoms with Gasteiger partial charge in [0.1, 0.15) is 0 Å². The Morgan fingerprint density at radius 1 is 1.29 bits per heavy atom. The van der Waals surface area contributed by atoms with Crippen molar-refractivity contribution in [1.29, 1.82) is 0 Å². The topological polar surface area (TPSA) is 15.3 Å². The van der Waals surface area contributed by atoms with E-state index in [1.54, 1.807) is 0 Å². The number of hydrogen-bond donors (Lipinski definition) is 1. The summed E-state index contributed by atoms with van der Waals surface area (Å²) in [7, 11) is 0. The number of hydrogen-bond acceptors (Lipinski definition) is 2. The van der Waals surface area contributed by atoms with E-state index in [-0.39, 0.29) is 0 Å². The van der Waals surface area contributed by atoms with Gasteiger partial charge < -0.3 is 5.32 Å². The molecule has 2 nitrogen and oxygen atoms in total. The standard InChI is InChI=1S/C18H29BrN2/c1-4-15-7-9-21(10-8-15)13-17-6-5-16(11-18(17)19)12-20-14(2)3/h5-6,11,14-15,20H,4,7-10,12-13H2,1-3H3. The van der Waals surface area contributed by atoms with Gasteiger partial charge in [0.05, 0.1) is 0 Å². The molecule has 0 amide bonds. The maximum atomic E-state index is 3.75. The summed E-state index contributed by atoms with van der Waals surface area (Å²) in [6.45, 7) is 11.2. The first-order valence-corrected chi connectivity index (χ1v) is 9.10.